The van der Waals surface area contributed by atoms with Gasteiger partial charge < -0.3 is 14.8 Å². The van der Waals surface area contributed by atoms with E-state index in [0.29, 0.717) is 12.1 Å². The Morgan fingerprint density at radius 3 is 2.52 bits per heavy atom. The third-order valence-electron chi connectivity index (χ3n) is 3.20. The van der Waals surface area contributed by atoms with Gasteiger partial charge in [-0.05, 0) is 35.1 Å². The van der Waals surface area contributed by atoms with Gasteiger partial charge >= 0.3 is 7.12 Å². The van der Waals surface area contributed by atoms with Crippen LogP contribution in [0.25, 0.3) is 10.9 Å². The second-order valence-electron chi connectivity index (χ2n) is 4.73. The third-order valence-corrected chi connectivity index (χ3v) is 3.20. The molecule has 0 aliphatic rings. The molecule has 104 valence electrons. The van der Waals surface area contributed by atoms with Crippen molar-refractivity contribution in [3.05, 3.63) is 66.4 Å². The number of fused-ring (bicyclic) bond motifs is 1. The zero-order chi connectivity index (χ0) is 14.7. The molecule has 0 saturated carbocycles. The summed E-state index contributed by atoms with van der Waals surface area (Å²) in [5, 5.41) is 19.2. The molecule has 1 aromatic heterocycles. The molecule has 0 amide bonds. The second kappa shape index (κ2) is 5.95. The van der Waals surface area contributed by atoms with E-state index in [-0.39, 0.29) is 0 Å². The number of pyridine rings is 1. The average Bonchev–Trinajstić information content (AvgIpc) is 2.53. The fraction of sp³-hybridized carbons (Fsp3) is 0.0625. The molecular weight excluding hydrogens is 265 g/mol. The highest BCUT2D eigenvalue weighted by Crippen LogP contribution is 2.14. The van der Waals surface area contributed by atoms with E-state index < -0.39 is 7.12 Å². The molecule has 0 fully saturated rings. The van der Waals surface area contributed by atoms with Crippen LogP contribution in [-0.4, -0.2) is 22.2 Å². The summed E-state index contributed by atoms with van der Waals surface area (Å²) in [6, 6.07) is 18.5. The van der Waals surface area contributed by atoms with Gasteiger partial charge in [-0.25, -0.2) is 4.98 Å². The molecule has 2 aromatic carbocycles. The fourth-order valence-corrected chi connectivity index (χ4v) is 2.10. The Labute approximate surface area is 122 Å². The van der Waals surface area contributed by atoms with Crippen LogP contribution >= 0.6 is 0 Å². The van der Waals surface area contributed by atoms with Crippen LogP contribution < -0.4 is 10.2 Å². The van der Waals surface area contributed by atoms with Gasteiger partial charge in [-0.2, -0.15) is 0 Å². The lowest BCUT2D eigenvalue weighted by atomic mass is 9.80. The number of hydrogen-bond donors (Lipinski definition) is 2. The summed E-state index contributed by atoms with van der Waals surface area (Å²) in [5.74, 6) is 0.804. The molecule has 4 nitrogen and oxygen atoms in total. The Bertz CT molecular complexity index is 747. The molecule has 0 atom stereocenters. The number of hydrogen-bond acceptors (Lipinski definition) is 4. The van der Waals surface area contributed by atoms with Crippen molar-refractivity contribution in [2.45, 2.75) is 6.61 Å². The molecule has 3 aromatic rings. The van der Waals surface area contributed by atoms with Crippen molar-refractivity contribution in [1.29, 1.82) is 0 Å². The first kappa shape index (κ1) is 13.6. The molecule has 0 aliphatic heterocycles. The lowest BCUT2D eigenvalue weighted by Crippen LogP contribution is -2.29. The smallest absolute Gasteiger partial charge is 0.487 e. The van der Waals surface area contributed by atoms with E-state index >= 15 is 0 Å². The van der Waals surface area contributed by atoms with Crippen LogP contribution in [0.3, 0.4) is 0 Å². The SMILES string of the molecule is OB(O)c1ccc2nc(COc3ccccc3)ccc2c1. The summed E-state index contributed by atoms with van der Waals surface area (Å²) in [7, 11) is -1.46. The number of aromatic nitrogens is 1. The van der Waals surface area contributed by atoms with Crippen LogP contribution in [0, 0.1) is 0 Å². The van der Waals surface area contributed by atoms with E-state index in [1.54, 1.807) is 18.2 Å². The van der Waals surface area contributed by atoms with Crippen molar-refractivity contribution in [2.75, 3.05) is 0 Å². The largest absolute Gasteiger partial charge is 0.488 e. The minimum absolute atomic E-state index is 0.393. The highest BCUT2D eigenvalue weighted by atomic mass is 16.5. The highest BCUT2D eigenvalue weighted by molar-refractivity contribution is 6.58. The Kier molecular flexibility index (Phi) is 3.86. The number of nitrogens with zero attached hydrogens (tertiary/aromatic N) is 1. The summed E-state index contributed by atoms with van der Waals surface area (Å²) in [5.41, 5.74) is 2.08. The van der Waals surface area contributed by atoms with Crippen LogP contribution in [-0.2, 0) is 6.61 Å². The monoisotopic (exact) mass is 279 g/mol. The minimum Gasteiger partial charge on any atom is -0.487 e. The van der Waals surface area contributed by atoms with Gasteiger partial charge in [0.15, 0.2) is 0 Å². The van der Waals surface area contributed by atoms with Crippen molar-refractivity contribution in [2.24, 2.45) is 0 Å². The molecule has 5 heteroatoms. The van der Waals surface area contributed by atoms with E-state index in [0.717, 1.165) is 22.3 Å². The first-order chi connectivity index (χ1) is 10.2. The molecule has 1 heterocycles. The van der Waals surface area contributed by atoms with Gasteiger partial charge in [-0.1, -0.05) is 36.4 Å². The topological polar surface area (TPSA) is 62.6 Å². The van der Waals surface area contributed by atoms with Crippen molar-refractivity contribution in [1.82, 2.24) is 4.98 Å². The van der Waals surface area contributed by atoms with Crippen molar-refractivity contribution in [3.63, 3.8) is 0 Å². The second-order valence-corrected chi connectivity index (χ2v) is 4.73. The highest BCUT2D eigenvalue weighted by Gasteiger charge is 2.11. The van der Waals surface area contributed by atoms with E-state index in [9.17, 15) is 0 Å². The summed E-state index contributed by atoms with van der Waals surface area (Å²) in [6.07, 6.45) is 0. The lowest BCUT2D eigenvalue weighted by molar-refractivity contribution is 0.302. The van der Waals surface area contributed by atoms with Crippen LogP contribution in [0.1, 0.15) is 5.69 Å². The number of ether oxygens (including phenoxy) is 1. The van der Waals surface area contributed by atoms with Crippen LogP contribution in [0.15, 0.2) is 60.7 Å². The van der Waals surface area contributed by atoms with E-state index in [1.165, 1.54) is 0 Å². The molecule has 0 unspecified atom stereocenters. The van der Waals surface area contributed by atoms with E-state index in [1.807, 2.05) is 42.5 Å². The normalized spacial score (nSPS) is 10.6. The van der Waals surface area contributed by atoms with Crippen molar-refractivity contribution >= 4 is 23.5 Å². The van der Waals surface area contributed by atoms with Crippen molar-refractivity contribution < 1.29 is 14.8 Å². The average molecular weight is 279 g/mol. The minimum atomic E-state index is -1.46. The Hall–Kier alpha value is -2.37. The lowest BCUT2D eigenvalue weighted by Gasteiger charge is -2.07. The summed E-state index contributed by atoms with van der Waals surface area (Å²) in [4.78, 5) is 4.50. The zero-order valence-corrected chi connectivity index (χ0v) is 11.3. The van der Waals surface area contributed by atoms with E-state index in [2.05, 4.69) is 4.98 Å². The molecular formula is C16H14BNO3. The fourth-order valence-electron chi connectivity index (χ4n) is 2.10. The zero-order valence-electron chi connectivity index (χ0n) is 11.3. The standard InChI is InChI=1S/C16H14BNO3/c19-17(20)13-7-9-16-12(10-13)6-8-14(18-16)11-21-15-4-2-1-3-5-15/h1-10,19-20H,11H2. The number of para-hydroxylation sites is 1. The molecule has 0 bridgehead atoms. The number of benzene rings is 2. The Morgan fingerprint density at radius 2 is 1.76 bits per heavy atom. The third kappa shape index (κ3) is 3.21. The van der Waals surface area contributed by atoms with Gasteiger partial charge in [0.25, 0.3) is 0 Å². The van der Waals surface area contributed by atoms with Gasteiger partial charge in [0.1, 0.15) is 12.4 Å². The number of rotatable bonds is 4. The molecule has 21 heavy (non-hydrogen) atoms. The molecule has 0 saturated heterocycles. The van der Waals surface area contributed by atoms with Crippen LogP contribution in [0.4, 0.5) is 0 Å². The molecule has 0 spiro atoms. The van der Waals surface area contributed by atoms with Gasteiger partial charge in [-0.15, -0.1) is 0 Å². The summed E-state index contributed by atoms with van der Waals surface area (Å²) >= 11 is 0. The Morgan fingerprint density at radius 1 is 0.952 bits per heavy atom. The maximum absolute atomic E-state index is 9.16. The van der Waals surface area contributed by atoms with E-state index in [4.69, 9.17) is 14.8 Å². The quantitative estimate of drug-likeness (QED) is 0.710. The first-order valence-corrected chi connectivity index (χ1v) is 6.66. The van der Waals surface area contributed by atoms with Gasteiger partial charge in [0, 0.05) is 0 Å². The maximum Gasteiger partial charge on any atom is 0.488 e. The summed E-state index contributed by atoms with van der Waals surface area (Å²) < 4.78 is 5.66. The van der Waals surface area contributed by atoms with Gasteiger partial charge in [0.2, 0.25) is 0 Å². The Balaban J connectivity index is 1.79. The van der Waals surface area contributed by atoms with Crippen LogP contribution in [0.5, 0.6) is 5.75 Å². The molecule has 0 aliphatic carbocycles. The first-order valence-electron chi connectivity index (χ1n) is 6.66. The van der Waals surface area contributed by atoms with Gasteiger partial charge in [0.05, 0.1) is 11.2 Å². The van der Waals surface area contributed by atoms with Gasteiger partial charge in [-0.3, -0.25) is 0 Å². The van der Waals surface area contributed by atoms with Crippen LogP contribution in [0.2, 0.25) is 0 Å². The van der Waals surface area contributed by atoms with Crippen molar-refractivity contribution in [3.8, 4) is 5.75 Å². The predicted molar refractivity (Wildman–Crippen MR) is 82.3 cm³/mol. The molecule has 0 radical (unpaired) electrons. The predicted octanol–water partition coefficient (Wildman–Crippen LogP) is 1.49. The summed E-state index contributed by atoms with van der Waals surface area (Å²) in [6.45, 7) is 0.393. The molecule has 2 N–H and O–H groups in total. The maximum atomic E-state index is 9.16. The molecule has 3 rings (SSSR count).